The van der Waals surface area contributed by atoms with Gasteiger partial charge in [-0.25, -0.2) is 8.42 Å². The van der Waals surface area contributed by atoms with Crippen molar-refractivity contribution in [3.8, 4) is 0 Å². The molecule has 0 atom stereocenters. The summed E-state index contributed by atoms with van der Waals surface area (Å²) in [6, 6.07) is 8.22. The van der Waals surface area contributed by atoms with Crippen LogP contribution in [-0.4, -0.2) is 20.1 Å². The van der Waals surface area contributed by atoms with Gasteiger partial charge in [0.15, 0.2) is 9.84 Å². The van der Waals surface area contributed by atoms with Crippen LogP contribution in [0.5, 0.6) is 0 Å². The van der Waals surface area contributed by atoms with E-state index in [-0.39, 0.29) is 4.21 Å². The minimum Gasteiger partial charge on any atom is -0.398 e. The number of sulfone groups is 1. The Morgan fingerprint density at radius 1 is 1.30 bits per heavy atom. The zero-order chi connectivity index (χ0) is 14.8. The Morgan fingerprint density at radius 3 is 2.70 bits per heavy atom. The molecule has 0 aliphatic rings. The topological polar surface area (TPSA) is 89.3 Å². The number of benzene rings is 1. The summed E-state index contributed by atoms with van der Waals surface area (Å²) in [5.41, 5.74) is 7.52. The number of carbonyl (C=O) groups is 1. The molecule has 20 heavy (non-hydrogen) atoms. The summed E-state index contributed by atoms with van der Waals surface area (Å²) in [7, 11) is -3.58. The van der Waals surface area contributed by atoms with Gasteiger partial charge in [-0.15, -0.1) is 11.3 Å². The van der Waals surface area contributed by atoms with E-state index in [2.05, 4.69) is 5.32 Å². The SMILES string of the molecule is Cc1c(N)cccc1NC(=O)CS(=O)(=O)c1cccs1. The van der Waals surface area contributed by atoms with Gasteiger partial charge in [-0.2, -0.15) is 0 Å². The van der Waals surface area contributed by atoms with Gasteiger partial charge in [0.2, 0.25) is 5.91 Å². The van der Waals surface area contributed by atoms with Crippen LogP contribution in [0.4, 0.5) is 11.4 Å². The first kappa shape index (κ1) is 14.5. The molecule has 1 heterocycles. The molecule has 7 heteroatoms. The van der Waals surface area contributed by atoms with E-state index in [0.717, 1.165) is 16.9 Å². The molecular formula is C13H14N2O3S2. The maximum atomic E-state index is 12.0. The highest BCUT2D eigenvalue weighted by atomic mass is 32.2. The molecule has 2 rings (SSSR count). The Balaban J connectivity index is 2.12. The molecule has 106 valence electrons. The van der Waals surface area contributed by atoms with Gasteiger partial charge >= 0.3 is 0 Å². The molecule has 1 aromatic heterocycles. The highest BCUT2D eigenvalue weighted by Crippen LogP contribution is 2.21. The normalized spacial score (nSPS) is 11.2. The summed E-state index contributed by atoms with van der Waals surface area (Å²) in [6.07, 6.45) is 0. The van der Waals surface area contributed by atoms with Crippen LogP contribution >= 0.6 is 11.3 Å². The van der Waals surface area contributed by atoms with Gasteiger partial charge in [0.1, 0.15) is 9.96 Å². The van der Waals surface area contributed by atoms with Crippen molar-refractivity contribution in [2.75, 3.05) is 16.8 Å². The summed E-state index contributed by atoms with van der Waals surface area (Å²) in [5.74, 6) is -1.16. The van der Waals surface area contributed by atoms with Crippen molar-refractivity contribution in [2.24, 2.45) is 0 Å². The van der Waals surface area contributed by atoms with Crippen molar-refractivity contribution >= 4 is 38.5 Å². The summed E-state index contributed by atoms with van der Waals surface area (Å²) in [5, 5.41) is 4.24. The monoisotopic (exact) mass is 310 g/mol. The largest absolute Gasteiger partial charge is 0.398 e. The molecule has 2 aromatic rings. The third kappa shape index (κ3) is 3.17. The average Bonchev–Trinajstić information content (AvgIpc) is 2.89. The maximum Gasteiger partial charge on any atom is 0.240 e. The van der Waals surface area contributed by atoms with Gasteiger partial charge < -0.3 is 11.1 Å². The van der Waals surface area contributed by atoms with E-state index in [0.29, 0.717) is 11.4 Å². The number of amides is 1. The second-order valence-electron chi connectivity index (χ2n) is 4.26. The first-order valence-corrected chi connectivity index (χ1v) is 8.34. The van der Waals surface area contributed by atoms with Crippen molar-refractivity contribution in [2.45, 2.75) is 11.1 Å². The Bertz CT molecular complexity index is 722. The molecule has 0 aliphatic heterocycles. The first-order chi connectivity index (χ1) is 9.40. The van der Waals surface area contributed by atoms with E-state index < -0.39 is 21.5 Å². The minimum absolute atomic E-state index is 0.192. The van der Waals surface area contributed by atoms with Gasteiger partial charge in [0, 0.05) is 11.4 Å². The number of hydrogen-bond acceptors (Lipinski definition) is 5. The van der Waals surface area contributed by atoms with E-state index in [4.69, 9.17) is 5.73 Å². The second-order valence-corrected chi connectivity index (χ2v) is 7.42. The van der Waals surface area contributed by atoms with Crippen molar-refractivity contribution in [3.63, 3.8) is 0 Å². The van der Waals surface area contributed by atoms with E-state index in [9.17, 15) is 13.2 Å². The number of nitrogen functional groups attached to an aromatic ring is 1. The molecule has 0 unspecified atom stereocenters. The van der Waals surface area contributed by atoms with Gasteiger partial charge in [-0.05, 0) is 36.1 Å². The second kappa shape index (κ2) is 5.64. The number of anilines is 2. The molecule has 5 nitrogen and oxygen atoms in total. The Hall–Kier alpha value is -1.86. The molecule has 0 aliphatic carbocycles. The van der Waals surface area contributed by atoms with Gasteiger partial charge in [0.05, 0.1) is 0 Å². The van der Waals surface area contributed by atoms with Crippen molar-refractivity contribution in [3.05, 3.63) is 41.3 Å². The Kier molecular flexibility index (Phi) is 4.10. The summed E-state index contributed by atoms with van der Waals surface area (Å²) in [6.45, 7) is 1.76. The number of nitrogens with two attached hydrogens (primary N) is 1. The van der Waals surface area contributed by atoms with Crippen LogP contribution in [0.3, 0.4) is 0 Å². The number of carbonyl (C=O) groups excluding carboxylic acids is 1. The zero-order valence-corrected chi connectivity index (χ0v) is 12.4. The molecule has 0 saturated heterocycles. The quantitative estimate of drug-likeness (QED) is 0.846. The Morgan fingerprint density at radius 2 is 2.05 bits per heavy atom. The lowest BCUT2D eigenvalue weighted by molar-refractivity contribution is -0.113. The number of nitrogens with one attached hydrogen (secondary N) is 1. The molecule has 0 fully saturated rings. The smallest absolute Gasteiger partial charge is 0.240 e. The predicted octanol–water partition coefficient (Wildman–Crippen LogP) is 2.05. The third-order valence-electron chi connectivity index (χ3n) is 2.77. The molecule has 0 spiro atoms. The van der Waals surface area contributed by atoms with Crippen LogP contribution < -0.4 is 11.1 Å². The maximum absolute atomic E-state index is 12.0. The van der Waals surface area contributed by atoms with E-state index in [1.807, 2.05) is 0 Å². The summed E-state index contributed by atoms with van der Waals surface area (Å²) in [4.78, 5) is 11.9. The molecule has 0 bridgehead atoms. The van der Waals surface area contributed by atoms with Crippen LogP contribution in [0.1, 0.15) is 5.56 Å². The number of hydrogen-bond donors (Lipinski definition) is 2. The summed E-state index contributed by atoms with van der Waals surface area (Å²) >= 11 is 1.10. The van der Waals surface area contributed by atoms with Gasteiger partial charge in [0.25, 0.3) is 0 Å². The zero-order valence-electron chi connectivity index (χ0n) is 10.8. The molecule has 1 amide bonds. The van der Waals surface area contributed by atoms with Crippen molar-refractivity contribution in [1.82, 2.24) is 0 Å². The fourth-order valence-corrected chi connectivity index (χ4v) is 3.88. The molecule has 1 aromatic carbocycles. The standard InChI is InChI=1S/C13H14N2O3S2/c1-9-10(14)4-2-5-11(9)15-12(16)8-20(17,18)13-6-3-7-19-13/h2-7H,8,14H2,1H3,(H,15,16). The lowest BCUT2D eigenvalue weighted by atomic mass is 10.1. The van der Waals surface area contributed by atoms with Gasteiger partial charge in [-0.1, -0.05) is 12.1 Å². The fourth-order valence-electron chi connectivity index (χ4n) is 1.66. The average molecular weight is 310 g/mol. The molecule has 3 N–H and O–H groups in total. The third-order valence-corrected chi connectivity index (χ3v) is 5.88. The first-order valence-electron chi connectivity index (χ1n) is 5.81. The minimum atomic E-state index is -3.58. The fraction of sp³-hybridized carbons (Fsp3) is 0.154. The Labute approximate surface area is 121 Å². The molecular weight excluding hydrogens is 296 g/mol. The molecule has 0 saturated carbocycles. The van der Waals surface area contributed by atoms with Crippen molar-refractivity contribution < 1.29 is 13.2 Å². The van der Waals surface area contributed by atoms with Crippen molar-refractivity contribution in [1.29, 1.82) is 0 Å². The van der Waals surface area contributed by atoms with E-state index in [1.54, 1.807) is 36.6 Å². The van der Waals surface area contributed by atoms with Gasteiger partial charge in [-0.3, -0.25) is 4.79 Å². The van der Waals surface area contributed by atoms with E-state index >= 15 is 0 Å². The summed E-state index contributed by atoms with van der Waals surface area (Å²) < 4.78 is 24.1. The van der Waals surface area contributed by atoms with Crippen LogP contribution in [0.15, 0.2) is 39.9 Å². The van der Waals surface area contributed by atoms with Crippen LogP contribution in [0.2, 0.25) is 0 Å². The van der Waals surface area contributed by atoms with Crippen LogP contribution in [0.25, 0.3) is 0 Å². The number of rotatable bonds is 4. The predicted molar refractivity (Wildman–Crippen MR) is 80.6 cm³/mol. The molecule has 0 radical (unpaired) electrons. The number of thiophene rings is 1. The van der Waals surface area contributed by atoms with Crippen LogP contribution in [0, 0.1) is 6.92 Å². The lowest BCUT2D eigenvalue weighted by Gasteiger charge is -2.10. The van der Waals surface area contributed by atoms with Crippen LogP contribution in [-0.2, 0) is 14.6 Å². The highest BCUT2D eigenvalue weighted by molar-refractivity contribution is 7.94. The van der Waals surface area contributed by atoms with E-state index in [1.165, 1.54) is 6.07 Å². The lowest BCUT2D eigenvalue weighted by Crippen LogP contribution is -2.23. The highest BCUT2D eigenvalue weighted by Gasteiger charge is 2.20.